The Morgan fingerprint density at radius 2 is 1.88 bits per heavy atom. The number of sulfonamides is 1. The Balaban J connectivity index is 1.71. The summed E-state index contributed by atoms with van der Waals surface area (Å²) in [6.45, 7) is 1.80. The average molecular weight is 350 g/mol. The smallest absolute Gasteiger partial charge is 0.243 e. The maximum absolute atomic E-state index is 13.7. The number of hydrogen-bond acceptors (Lipinski definition) is 5. The number of benzene rings is 1. The zero-order chi connectivity index (χ0) is 17.0. The summed E-state index contributed by atoms with van der Waals surface area (Å²) in [7, 11) is -3.93. The second-order valence-corrected chi connectivity index (χ2v) is 7.39. The standard InChI is InChI=1S/C16H19FN4O2S/c17-14-6-2-3-7-15(14)24(22,23)19-12-13-8-9-18-16(20-13)21-10-4-1-5-11-21/h2-3,6-9,19H,1,4-5,10-12H2. The van der Waals surface area contributed by atoms with Gasteiger partial charge in [0.25, 0.3) is 0 Å². The van der Waals surface area contributed by atoms with Crippen molar-refractivity contribution >= 4 is 16.0 Å². The van der Waals surface area contributed by atoms with E-state index in [0.29, 0.717) is 11.6 Å². The van der Waals surface area contributed by atoms with Gasteiger partial charge in [0.1, 0.15) is 10.7 Å². The molecule has 2 aromatic rings. The molecule has 0 aliphatic carbocycles. The summed E-state index contributed by atoms with van der Waals surface area (Å²) in [5.41, 5.74) is 0.547. The molecule has 1 aliphatic heterocycles. The van der Waals surface area contributed by atoms with Crippen LogP contribution in [-0.4, -0.2) is 31.5 Å². The van der Waals surface area contributed by atoms with Crippen molar-refractivity contribution in [1.29, 1.82) is 0 Å². The highest BCUT2D eigenvalue weighted by Gasteiger charge is 2.19. The third-order valence-corrected chi connectivity index (χ3v) is 5.34. The monoisotopic (exact) mass is 350 g/mol. The van der Waals surface area contributed by atoms with Crippen LogP contribution in [0.3, 0.4) is 0 Å². The molecule has 24 heavy (non-hydrogen) atoms. The minimum atomic E-state index is -3.93. The molecular formula is C16H19FN4O2S. The highest BCUT2D eigenvalue weighted by Crippen LogP contribution is 2.16. The Kier molecular flexibility index (Phi) is 5.06. The fraction of sp³-hybridized carbons (Fsp3) is 0.375. The summed E-state index contributed by atoms with van der Waals surface area (Å²) in [4.78, 5) is 10.4. The molecule has 0 amide bonds. The summed E-state index contributed by atoms with van der Waals surface area (Å²) in [6, 6.07) is 6.93. The van der Waals surface area contributed by atoms with E-state index in [2.05, 4.69) is 19.6 Å². The molecule has 8 heteroatoms. The number of hydrogen-bond donors (Lipinski definition) is 1. The van der Waals surface area contributed by atoms with Crippen LogP contribution in [0.25, 0.3) is 0 Å². The van der Waals surface area contributed by atoms with Crippen LogP contribution in [0, 0.1) is 5.82 Å². The number of nitrogens with zero attached hydrogens (tertiary/aromatic N) is 3. The molecule has 3 rings (SSSR count). The van der Waals surface area contributed by atoms with Crippen LogP contribution < -0.4 is 9.62 Å². The zero-order valence-corrected chi connectivity index (χ0v) is 14.0. The Labute approximate surface area is 140 Å². The lowest BCUT2D eigenvalue weighted by atomic mass is 10.1. The highest BCUT2D eigenvalue weighted by atomic mass is 32.2. The molecule has 1 aromatic carbocycles. The van der Waals surface area contributed by atoms with Crippen LogP contribution in [0.4, 0.5) is 10.3 Å². The van der Waals surface area contributed by atoms with Gasteiger partial charge < -0.3 is 4.90 Å². The molecule has 1 aromatic heterocycles. The number of aromatic nitrogens is 2. The van der Waals surface area contributed by atoms with Gasteiger partial charge in [0, 0.05) is 19.3 Å². The molecule has 0 saturated carbocycles. The summed E-state index contributed by atoms with van der Waals surface area (Å²) >= 11 is 0. The van der Waals surface area contributed by atoms with Crippen molar-refractivity contribution in [1.82, 2.24) is 14.7 Å². The van der Waals surface area contributed by atoms with Gasteiger partial charge in [-0.1, -0.05) is 12.1 Å². The summed E-state index contributed by atoms with van der Waals surface area (Å²) < 4.78 is 40.5. The Morgan fingerprint density at radius 1 is 1.12 bits per heavy atom. The Morgan fingerprint density at radius 3 is 2.62 bits per heavy atom. The number of anilines is 1. The molecule has 0 atom stereocenters. The lowest BCUT2D eigenvalue weighted by Gasteiger charge is -2.26. The number of nitrogens with one attached hydrogen (secondary N) is 1. The van der Waals surface area contributed by atoms with Crippen molar-refractivity contribution < 1.29 is 12.8 Å². The van der Waals surface area contributed by atoms with Gasteiger partial charge in [-0.2, -0.15) is 0 Å². The molecular weight excluding hydrogens is 331 g/mol. The molecule has 1 N–H and O–H groups in total. The SMILES string of the molecule is O=S(=O)(NCc1ccnc(N2CCCCC2)n1)c1ccccc1F. The predicted molar refractivity (Wildman–Crippen MR) is 88.5 cm³/mol. The van der Waals surface area contributed by atoms with Crippen molar-refractivity contribution in [3.63, 3.8) is 0 Å². The largest absolute Gasteiger partial charge is 0.341 e. The number of halogens is 1. The quantitative estimate of drug-likeness (QED) is 0.894. The van der Waals surface area contributed by atoms with Gasteiger partial charge in [0.05, 0.1) is 12.2 Å². The molecule has 0 spiro atoms. The predicted octanol–water partition coefficient (Wildman–Crippen LogP) is 2.08. The van der Waals surface area contributed by atoms with E-state index in [9.17, 15) is 12.8 Å². The van der Waals surface area contributed by atoms with Crippen molar-refractivity contribution in [2.75, 3.05) is 18.0 Å². The van der Waals surface area contributed by atoms with Crippen LogP contribution in [0.1, 0.15) is 25.0 Å². The van der Waals surface area contributed by atoms with Gasteiger partial charge in [-0.25, -0.2) is 27.5 Å². The van der Waals surface area contributed by atoms with Crippen LogP contribution in [-0.2, 0) is 16.6 Å². The highest BCUT2D eigenvalue weighted by molar-refractivity contribution is 7.89. The van der Waals surface area contributed by atoms with Gasteiger partial charge in [-0.05, 0) is 37.5 Å². The van der Waals surface area contributed by atoms with Crippen molar-refractivity contribution in [2.24, 2.45) is 0 Å². The van der Waals surface area contributed by atoms with Gasteiger partial charge in [0.15, 0.2) is 0 Å². The first kappa shape index (κ1) is 16.8. The van der Waals surface area contributed by atoms with Gasteiger partial charge in [-0.3, -0.25) is 0 Å². The zero-order valence-electron chi connectivity index (χ0n) is 13.2. The van der Waals surface area contributed by atoms with Gasteiger partial charge >= 0.3 is 0 Å². The van der Waals surface area contributed by atoms with Crippen molar-refractivity contribution in [3.8, 4) is 0 Å². The van der Waals surface area contributed by atoms with E-state index >= 15 is 0 Å². The van der Waals surface area contributed by atoms with E-state index < -0.39 is 15.8 Å². The maximum Gasteiger partial charge on any atom is 0.243 e. The first-order chi connectivity index (χ1) is 11.6. The first-order valence-corrected chi connectivity index (χ1v) is 9.36. The molecule has 1 saturated heterocycles. The Hall–Kier alpha value is -2.06. The van der Waals surface area contributed by atoms with Gasteiger partial charge in [-0.15, -0.1) is 0 Å². The molecule has 128 valence electrons. The average Bonchev–Trinajstić information content (AvgIpc) is 2.61. The lowest BCUT2D eigenvalue weighted by molar-refractivity contribution is 0.555. The summed E-state index contributed by atoms with van der Waals surface area (Å²) in [6.07, 6.45) is 5.03. The molecule has 0 bridgehead atoms. The lowest BCUT2D eigenvalue weighted by Crippen LogP contribution is -2.31. The van der Waals surface area contributed by atoms with Crippen LogP contribution in [0.2, 0.25) is 0 Å². The van der Waals surface area contributed by atoms with Crippen LogP contribution in [0.15, 0.2) is 41.4 Å². The normalized spacial score (nSPS) is 15.5. The van der Waals surface area contributed by atoms with E-state index in [1.807, 2.05) is 0 Å². The minimum Gasteiger partial charge on any atom is -0.341 e. The van der Waals surface area contributed by atoms with E-state index in [-0.39, 0.29) is 11.4 Å². The fourth-order valence-corrected chi connectivity index (χ4v) is 3.71. The van der Waals surface area contributed by atoms with E-state index in [4.69, 9.17) is 0 Å². The number of piperidine rings is 1. The summed E-state index contributed by atoms with van der Waals surface area (Å²) in [5, 5.41) is 0. The molecule has 6 nitrogen and oxygen atoms in total. The van der Waals surface area contributed by atoms with E-state index in [1.165, 1.54) is 24.6 Å². The van der Waals surface area contributed by atoms with Crippen LogP contribution >= 0.6 is 0 Å². The molecule has 1 fully saturated rings. The second kappa shape index (κ2) is 7.23. The fourth-order valence-electron chi connectivity index (χ4n) is 2.64. The minimum absolute atomic E-state index is 0.0139. The van der Waals surface area contributed by atoms with Crippen LogP contribution in [0.5, 0.6) is 0 Å². The third-order valence-electron chi connectivity index (χ3n) is 3.91. The van der Waals surface area contributed by atoms with Crippen molar-refractivity contribution in [3.05, 3.63) is 48.0 Å². The molecule has 0 unspecified atom stereocenters. The first-order valence-electron chi connectivity index (χ1n) is 7.87. The topological polar surface area (TPSA) is 75.2 Å². The van der Waals surface area contributed by atoms with Gasteiger partial charge in [0.2, 0.25) is 16.0 Å². The summed E-state index contributed by atoms with van der Waals surface area (Å²) in [5.74, 6) is -0.168. The molecule has 1 aliphatic rings. The molecule has 0 radical (unpaired) electrons. The Bertz CT molecular complexity index is 807. The second-order valence-electron chi connectivity index (χ2n) is 5.65. The maximum atomic E-state index is 13.7. The third kappa shape index (κ3) is 3.88. The van der Waals surface area contributed by atoms with E-state index in [0.717, 1.165) is 32.0 Å². The van der Waals surface area contributed by atoms with Crippen molar-refractivity contribution in [2.45, 2.75) is 30.7 Å². The van der Waals surface area contributed by atoms with E-state index in [1.54, 1.807) is 12.3 Å². The number of rotatable bonds is 5. The molecule has 2 heterocycles.